The summed E-state index contributed by atoms with van der Waals surface area (Å²) in [6.07, 6.45) is 5.40. The van der Waals surface area contributed by atoms with E-state index in [9.17, 15) is 14.4 Å². The van der Waals surface area contributed by atoms with Gasteiger partial charge in [-0.2, -0.15) is 0 Å². The fourth-order valence-electron chi connectivity index (χ4n) is 4.72. The molecule has 0 fully saturated rings. The van der Waals surface area contributed by atoms with Crippen molar-refractivity contribution in [2.45, 2.75) is 70.3 Å². The predicted octanol–water partition coefficient (Wildman–Crippen LogP) is 5.53. The van der Waals surface area contributed by atoms with E-state index in [1.165, 1.54) is 12.6 Å². The Labute approximate surface area is 256 Å². The van der Waals surface area contributed by atoms with Gasteiger partial charge in [-0.3, -0.25) is 9.59 Å². The van der Waals surface area contributed by atoms with E-state index in [1.54, 1.807) is 7.11 Å². The lowest BCUT2D eigenvalue weighted by molar-refractivity contribution is 0.0451. The van der Waals surface area contributed by atoms with E-state index in [0.29, 0.717) is 57.7 Å². The summed E-state index contributed by atoms with van der Waals surface area (Å²) in [6, 6.07) is 15.2. The van der Waals surface area contributed by atoms with Crippen molar-refractivity contribution in [2.75, 3.05) is 53.8 Å². The van der Waals surface area contributed by atoms with Crippen LogP contribution in [0.2, 0.25) is 0 Å². The molecule has 9 heteroatoms. The number of aryl methyl sites for hydroxylation is 1. The summed E-state index contributed by atoms with van der Waals surface area (Å²) in [5, 5.41) is 11.3. The highest BCUT2D eigenvalue weighted by Gasteiger charge is 2.25. The number of methoxy groups -OCH3 is 1. The highest BCUT2D eigenvalue weighted by atomic mass is 16.5. The smallest absolute Gasteiger partial charge is 0.406 e. The van der Waals surface area contributed by atoms with E-state index in [-0.39, 0.29) is 30.2 Å². The van der Waals surface area contributed by atoms with E-state index >= 15 is 0 Å². The van der Waals surface area contributed by atoms with Crippen LogP contribution in [0.5, 0.6) is 0 Å². The maximum Gasteiger partial charge on any atom is 0.406 e. The number of carbonyl (C=O) groups excluding carboxylic acids is 3. The molecule has 2 aromatic carbocycles. The van der Waals surface area contributed by atoms with E-state index in [4.69, 9.17) is 24.1 Å². The van der Waals surface area contributed by atoms with Crippen LogP contribution in [-0.2, 0) is 25.4 Å². The Morgan fingerprint density at radius 3 is 2.33 bits per heavy atom. The molecular formula is C34H49NO8. The number of fused-ring (bicyclic) bond motifs is 1. The van der Waals surface area contributed by atoms with E-state index in [1.807, 2.05) is 55.5 Å². The summed E-state index contributed by atoms with van der Waals surface area (Å²) >= 11 is 0. The lowest BCUT2D eigenvalue weighted by Crippen LogP contribution is -2.21. The molecule has 43 heavy (non-hydrogen) atoms. The van der Waals surface area contributed by atoms with E-state index < -0.39 is 6.09 Å². The molecule has 2 N–H and O–H groups in total. The third kappa shape index (κ3) is 14.3. The first-order valence-electron chi connectivity index (χ1n) is 15.3. The fourth-order valence-corrected chi connectivity index (χ4v) is 4.72. The Balaban J connectivity index is 0.000000329. The number of aliphatic hydroxyl groups excluding tert-OH is 1. The summed E-state index contributed by atoms with van der Waals surface area (Å²) in [6.45, 7) is 4.94. The quantitative estimate of drug-likeness (QED) is 0.160. The van der Waals surface area contributed by atoms with Crippen molar-refractivity contribution in [2.24, 2.45) is 0 Å². The number of ketones is 2. The zero-order valence-electron chi connectivity index (χ0n) is 26.0. The van der Waals surface area contributed by atoms with Gasteiger partial charge in [-0.05, 0) is 62.6 Å². The number of rotatable bonds is 19. The van der Waals surface area contributed by atoms with Crippen LogP contribution < -0.4 is 5.32 Å². The number of Topliss-reactive ketones (excluding diaryl/α,β-unsaturated/α-hetero) is 2. The number of amides is 1. The summed E-state index contributed by atoms with van der Waals surface area (Å²) < 4.78 is 21.0. The third-order valence-corrected chi connectivity index (χ3v) is 7.20. The minimum absolute atomic E-state index is 0.0103. The van der Waals surface area contributed by atoms with Gasteiger partial charge in [0.1, 0.15) is 6.61 Å². The molecular weight excluding hydrogens is 550 g/mol. The van der Waals surface area contributed by atoms with Gasteiger partial charge in [-0.25, -0.2) is 4.79 Å². The molecule has 3 rings (SSSR count). The lowest BCUT2D eigenvalue weighted by atomic mass is 9.97. The van der Waals surface area contributed by atoms with Gasteiger partial charge in [0.25, 0.3) is 0 Å². The molecule has 0 aromatic heterocycles. The lowest BCUT2D eigenvalue weighted by Gasteiger charge is -2.13. The topological polar surface area (TPSA) is 120 Å². The van der Waals surface area contributed by atoms with Gasteiger partial charge in [0.2, 0.25) is 0 Å². The Morgan fingerprint density at radius 2 is 1.63 bits per heavy atom. The fraction of sp³-hybridized carbons (Fsp3) is 0.559. The van der Waals surface area contributed by atoms with Crippen molar-refractivity contribution in [1.29, 1.82) is 0 Å². The highest BCUT2D eigenvalue weighted by Crippen LogP contribution is 2.34. The van der Waals surface area contributed by atoms with Crippen molar-refractivity contribution in [3.63, 3.8) is 0 Å². The largest absolute Gasteiger partial charge is 0.449 e. The number of aliphatic hydroxyl groups is 1. The van der Waals surface area contributed by atoms with Crippen LogP contribution in [-0.4, -0.2) is 82.7 Å². The molecule has 0 saturated heterocycles. The van der Waals surface area contributed by atoms with Crippen molar-refractivity contribution < 1.29 is 38.4 Å². The zero-order chi connectivity index (χ0) is 31.3. The number of nitrogens with one attached hydrogen (secondary N) is 1. The molecule has 1 aliphatic carbocycles. The maximum absolute atomic E-state index is 12.4. The number of carbonyl (C=O) groups is 3. The summed E-state index contributed by atoms with van der Waals surface area (Å²) in [5.41, 5.74) is 3.84. The van der Waals surface area contributed by atoms with E-state index in [0.717, 1.165) is 43.4 Å². The monoisotopic (exact) mass is 599 g/mol. The minimum Gasteiger partial charge on any atom is -0.449 e. The van der Waals surface area contributed by atoms with Gasteiger partial charge in [0.05, 0.1) is 6.10 Å². The zero-order valence-corrected chi connectivity index (χ0v) is 26.0. The third-order valence-electron chi connectivity index (χ3n) is 7.20. The van der Waals surface area contributed by atoms with Gasteiger partial charge in [-0.15, -0.1) is 0 Å². The molecule has 1 aliphatic rings. The molecule has 1 amide bonds. The first-order chi connectivity index (χ1) is 20.9. The van der Waals surface area contributed by atoms with Gasteiger partial charge >= 0.3 is 6.09 Å². The standard InChI is InChI=1S/C20H29NO5.C14H20O3/c1-14(9-10-22)25-11-3-4-19(23)16-7-5-15-6-8-17(18(15)12-16)13-26-20(24)21-2;1-16-10-6-12-17-11-5-9-14(15)13-7-3-2-4-8-13/h5,7,12,14,17,22H,3-4,6,8-11,13H2,1-2H3,(H,21,24);2-4,7-8H,5-6,9-12H2,1H3. The van der Waals surface area contributed by atoms with Crippen LogP contribution in [0.3, 0.4) is 0 Å². The average Bonchev–Trinajstić information content (AvgIpc) is 3.44. The SMILES string of the molecule is CNC(=O)OCC1CCc2ccc(C(=O)CCCOC(C)CCO)cc21.COCCCOCCCC(=O)c1ccccc1. The second kappa shape index (κ2) is 21.6. The summed E-state index contributed by atoms with van der Waals surface area (Å²) in [4.78, 5) is 35.4. The predicted molar refractivity (Wildman–Crippen MR) is 166 cm³/mol. The van der Waals surface area contributed by atoms with Crippen LogP contribution in [0.25, 0.3) is 0 Å². The second-order valence-corrected chi connectivity index (χ2v) is 10.6. The van der Waals surface area contributed by atoms with Crippen molar-refractivity contribution in [3.8, 4) is 0 Å². The number of hydrogen-bond donors (Lipinski definition) is 2. The first kappa shape index (κ1) is 36.1. The van der Waals surface area contributed by atoms with Crippen molar-refractivity contribution in [3.05, 3.63) is 70.8 Å². The Bertz CT molecular complexity index is 1090. The Kier molecular flexibility index (Phi) is 18.1. The molecule has 0 bridgehead atoms. The molecule has 0 spiro atoms. The Hall–Kier alpha value is -3.11. The Morgan fingerprint density at radius 1 is 0.930 bits per heavy atom. The normalized spacial score (nSPS) is 14.3. The summed E-state index contributed by atoms with van der Waals surface area (Å²) in [7, 11) is 3.22. The minimum atomic E-state index is -0.430. The molecule has 0 saturated carbocycles. The van der Waals surface area contributed by atoms with Crippen LogP contribution in [0.1, 0.15) is 89.6 Å². The number of hydrogen-bond acceptors (Lipinski definition) is 8. The molecule has 2 aromatic rings. The van der Waals surface area contributed by atoms with E-state index in [2.05, 4.69) is 5.32 Å². The molecule has 238 valence electrons. The number of alkyl carbamates (subject to hydrolysis) is 1. The maximum atomic E-state index is 12.4. The molecule has 9 nitrogen and oxygen atoms in total. The van der Waals surface area contributed by atoms with Gasteiger partial charge in [0, 0.05) is 77.1 Å². The molecule has 2 atom stereocenters. The molecule has 2 unspecified atom stereocenters. The van der Waals surface area contributed by atoms with Gasteiger partial charge in [-0.1, -0.05) is 42.5 Å². The van der Waals surface area contributed by atoms with Gasteiger partial charge < -0.3 is 29.4 Å². The molecule has 0 aliphatic heterocycles. The van der Waals surface area contributed by atoms with Crippen molar-refractivity contribution >= 4 is 17.7 Å². The average molecular weight is 600 g/mol. The first-order valence-corrected chi connectivity index (χ1v) is 15.3. The molecule has 0 radical (unpaired) electrons. The van der Waals surface area contributed by atoms with Crippen LogP contribution in [0.15, 0.2) is 48.5 Å². The van der Waals surface area contributed by atoms with Crippen LogP contribution >= 0.6 is 0 Å². The van der Waals surface area contributed by atoms with Crippen LogP contribution in [0, 0.1) is 0 Å². The van der Waals surface area contributed by atoms with Gasteiger partial charge in [0.15, 0.2) is 11.6 Å². The summed E-state index contributed by atoms with van der Waals surface area (Å²) in [5.74, 6) is 0.438. The van der Waals surface area contributed by atoms with Crippen LogP contribution in [0.4, 0.5) is 4.79 Å². The number of benzene rings is 2. The molecule has 0 heterocycles. The highest BCUT2D eigenvalue weighted by molar-refractivity contribution is 5.96. The second-order valence-electron chi connectivity index (χ2n) is 10.6. The van der Waals surface area contributed by atoms with Crippen molar-refractivity contribution in [1.82, 2.24) is 5.32 Å². The number of ether oxygens (including phenoxy) is 4.